The minimum atomic E-state index is -0.0617. The first-order chi connectivity index (χ1) is 8.20. The van der Waals surface area contributed by atoms with E-state index in [1.807, 2.05) is 18.2 Å². The van der Waals surface area contributed by atoms with Crippen LogP contribution in [0, 0.1) is 0 Å². The number of hydrogen-bond acceptors (Lipinski definition) is 3. The zero-order valence-electron chi connectivity index (χ0n) is 9.63. The molecule has 0 bridgehead atoms. The highest BCUT2D eigenvalue weighted by Gasteiger charge is 2.22. The van der Waals surface area contributed by atoms with E-state index in [2.05, 4.69) is 33.5 Å². The van der Waals surface area contributed by atoms with Gasteiger partial charge in [-0.15, -0.1) is 11.8 Å². The minimum absolute atomic E-state index is 0.0617. The molecule has 92 valence electrons. The molecule has 0 saturated carbocycles. The molecule has 1 unspecified atom stereocenters. The Bertz CT molecular complexity index is 419. The number of benzene rings is 1. The third-order valence-corrected chi connectivity index (χ3v) is 4.17. The van der Waals surface area contributed by atoms with Gasteiger partial charge in [0.15, 0.2) is 0 Å². The van der Waals surface area contributed by atoms with Crippen molar-refractivity contribution >= 4 is 39.3 Å². The van der Waals surface area contributed by atoms with E-state index in [0.717, 1.165) is 33.8 Å². The summed E-state index contributed by atoms with van der Waals surface area (Å²) in [6, 6.07) is 5.88. The summed E-state index contributed by atoms with van der Waals surface area (Å²) in [4.78, 5) is 12.0. The van der Waals surface area contributed by atoms with E-state index in [1.165, 1.54) is 0 Å². The summed E-state index contributed by atoms with van der Waals surface area (Å²) in [6.07, 6.45) is 0.905. The molecule has 3 nitrogen and oxygen atoms in total. The Balaban J connectivity index is 2.09. The highest BCUT2D eigenvalue weighted by atomic mass is 79.9. The first-order valence-electron chi connectivity index (χ1n) is 5.61. The van der Waals surface area contributed by atoms with Crippen molar-refractivity contribution in [3.63, 3.8) is 0 Å². The summed E-state index contributed by atoms with van der Waals surface area (Å²) in [5, 5.41) is 6.16. The van der Waals surface area contributed by atoms with Crippen molar-refractivity contribution in [2.45, 2.75) is 19.4 Å². The topological polar surface area (TPSA) is 41.1 Å². The first-order valence-corrected chi connectivity index (χ1v) is 7.56. The molecule has 1 fully saturated rings. The molecule has 1 aromatic rings. The van der Waals surface area contributed by atoms with Gasteiger partial charge in [0.25, 0.3) is 0 Å². The predicted octanol–water partition coefficient (Wildman–Crippen LogP) is 2.61. The average molecular weight is 315 g/mol. The quantitative estimate of drug-likeness (QED) is 0.901. The normalized spacial score (nSPS) is 19.3. The van der Waals surface area contributed by atoms with Crippen LogP contribution >= 0.6 is 27.7 Å². The number of hydrogen-bond donors (Lipinski definition) is 2. The van der Waals surface area contributed by atoms with Gasteiger partial charge >= 0.3 is 0 Å². The number of aryl methyl sites for hydroxylation is 1. The first kappa shape index (κ1) is 12.9. The molecule has 1 aliphatic heterocycles. The van der Waals surface area contributed by atoms with Crippen molar-refractivity contribution in [2.24, 2.45) is 0 Å². The van der Waals surface area contributed by atoms with Gasteiger partial charge in [0.1, 0.15) is 0 Å². The second-order valence-corrected chi connectivity index (χ2v) is 5.86. The molecule has 5 heteroatoms. The van der Waals surface area contributed by atoms with E-state index >= 15 is 0 Å². The largest absolute Gasteiger partial charge is 0.324 e. The van der Waals surface area contributed by atoms with Gasteiger partial charge in [0.2, 0.25) is 5.91 Å². The fraction of sp³-hybridized carbons (Fsp3) is 0.417. The van der Waals surface area contributed by atoms with Gasteiger partial charge in [-0.05, 0) is 30.2 Å². The molecule has 1 heterocycles. The van der Waals surface area contributed by atoms with Crippen molar-refractivity contribution < 1.29 is 4.79 Å². The lowest BCUT2D eigenvalue weighted by molar-refractivity contribution is -0.117. The highest BCUT2D eigenvalue weighted by molar-refractivity contribution is 9.10. The molecule has 0 spiro atoms. The summed E-state index contributed by atoms with van der Waals surface area (Å²) in [6.45, 7) is 2.08. The van der Waals surface area contributed by atoms with E-state index in [9.17, 15) is 4.79 Å². The number of rotatable bonds is 3. The Morgan fingerprint density at radius 3 is 3.12 bits per heavy atom. The number of amides is 1. The molecule has 1 saturated heterocycles. The van der Waals surface area contributed by atoms with E-state index in [-0.39, 0.29) is 11.9 Å². The van der Waals surface area contributed by atoms with Gasteiger partial charge < -0.3 is 5.32 Å². The molecule has 0 radical (unpaired) electrons. The van der Waals surface area contributed by atoms with Gasteiger partial charge in [-0.3, -0.25) is 10.1 Å². The summed E-state index contributed by atoms with van der Waals surface area (Å²) < 4.78 is 1.04. The van der Waals surface area contributed by atoms with Crippen LogP contribution in [0.15, 0.2) is 22.7 Å². The van der Waals surface area contributed by atoms with Crippen molar-refractivity contribution in [3.05, 3.63) is 28.2 Å². The molecule has 0 aliphatic carbocycles. The van der Waals surface area contributed by atoms with Crippen molar-refractivity contribution in [1.29, 1.82) is 0 Å². The molecule has 2 N–H and O–H groups in total. The van der Waals surface area contributed by atoms with Crippen LogP contribution in [0.25, 0.3) is 0 Å². The standard InChI is InChI=1S/C12H15BrN2OS/c1-2-8-5-9(13)3-4-10(8)15-12(16)11-6-17-7-14-11/h3-5,11,14H,2,6-7H2,1H3,(H,15,16). The van der Waals surface area contributed by atoms with Crippen molar-refractivity contribution in [2.75, 3.05) is 16.9 Å². The van der Waals surface area contributed by atoms with Crippen molar-refractivity contribution in [1.82, 2.24) is 5.32 Å². The monoisotopic (exact) mass is 314 g/mol. The van der Waals surface area contributed by atoms with Gasteiger partial charge in [0, 0.05) is 21.8 Å². The molecule has 1 aliphatic rings. The summed E-state index contributed by atoms with van der Waals surface area (Å²) >= 11 is 5.20. The van der Waals surface area contributed by atoms with E-state index in [1.54, 1.807) is 11.8 Å². The van der Waals surface area contributed by atoms with Gasteiger partial charge in [-0.1, -0.05) is 22.9 Å². The van der Waals surface area contributed by atoms with E-state index in [0.29, 0.717) is 0 Å². The van der Waals surface area contributed by atoms with Crippen LogP contribution in [0.1, 0.15) is 12.5 Å². The Morgan fingerprint density at radius 2 is 2.47 bits per heavy atom. The average Bonchev–Trinajstić information content (AvgIpc) is 2.85. The van der Waals surface area contributed by atoms with Crippen LogP contribution in [0.3, 0.4) is 0 Å². The zero-order chi connectivity index (χ0) is 12.3. The fourth-order valence-corrected chi connectivity index (χ4v) is 3.11. The number of anilines is 1. The maximum absolute atomic E-state index is 12.0. The predicted molar refractivity (Wildman–Crippen MR) is 76.4 cm³/mol. The maximum Gasteiger partial charge on any atom is 0.242 e. The lowest BCUT2D eigenvalue weighted by Gasteiger charge is -2.13. The Hall–Kier alpha value is -0.520. The van der Waals surface area contributed by atoms with Gasteiger partial charge in [0.05, 0.1) is 6.04 Å². The number of thioether (sulfide) groups is 1. The lowest BCUT2D eigenvalue weighted by Crippen LogP contribution is -2.37. The molecule has 17 heavy (non-hydrogen) atoms. The third-order valence-electron chi connectivity index (χ3n) is 2.74. The zero-order valence-corrected chi connectivity index (χ0v) is 12.0. The van der Waals surface area contributed by atoms with Gasteiger partial charge in [-0.25, -0.2) is 0 Å². The second kappa shape index (κ2) is 5.89. The molecular weight excluding hydrogens is 300 g/mol. The molecular formula is C12H15BrN2OS. The molecule has 2 rings (SSSR count). The Labute approximate surface area is 114 Å². The molecule has 0 aromatic heterocycles. The van der Waals surface area contributed by atoms with Crippen molar-refractivity contribution in [3.8, 4) is 0 Å². The van der Waals surface area contributed by atoms with Crippen LogP contribution in [-0.4, -0.2) is 23.6 Å². The number of nitrogens with one attached hydrogen (secondary N) is 2. The number of halogens is 1. The minimum Gasteiger partial charge on any atom is -0.324 e. The Morgan fingerprint density at radius 1 is 1.65 bits per heavy atom. The Kier molecular flexibility index (Phi) is 4.48. The SMILES string of the molecule is CCc1cc(Br)ccc1NC(=O)C1CSCN1. The summed E-state index contributed by atoms with van der Waals surface area (Å²) in [7, 11) is 0. The summed E-state index contributed by atoms with van der Waals surface area (Å²) in [5.74, 6) is 1.77. The maximum atomic E-state index is 12.0. The summed E-state index contributed by atoms with van der Waals surface area (Å²) in [5.41, 5.74) is 2.07. The second-order valence-electron chi connectivity index (χ2n) is 3.92. The highest BCUT2D eigenvalue weighted by Crippen LogP contribution is 2.22. The molecule has 1 amide bonds. The van der Waals surface area contributed by atoms with Crippen LogP contribution in [-0.2, 0) is 11.2 Å². The molecule has 1 aromatic carbocycles. The smallest absolute Gasteiger partial charge is 0.242 e. The number of carbonyl (C=O) groups excluding carboxylic acids is 1. The van der Waals surface area contributed by atoms with Crippen LogP contribution < -0.4 is 10.6 Å². The fourth-order valence-electron chi connectivity index (χ4n) is 1.76. The lowest BCUT2D eigenvalue weighted by atomic mass is 10.1. The van der Waals surface area contributed by atoms with E-state index < -0.39 is 0 Å². The van der Waals surface area contributed by atoms with Gasteiger partial charge in [-0.2, -0.15) is 0 Å². The van der Waals surface area contributed by atoms with Crippen LogP contribution in [0.2, 0.25) is 0 Å². The number of carbonyl (C=O) groups is 1. The molecule has 1 atom stereocenters. The van der Waals surface area contributed by atoms with Crippen LogP contribution in [0.5, 0.6) is 0 Å². The van der Waals surface area contributed by atoms with E-state index in [4.69, 9.17) is 0 Å². The van der Waals surface area contributed by atoms with Crippen LogP contribution in [0.4, 0.5) is 5.69 Å². The third kappa shape index (κ3) is 3.24.